The molecule has 1 N–H and O–H groups in total. The molecule has 0 aromatic rings. The summed E-state index contributed by atoms with van der Waals surface area (Å²) in [6.07, 6.45) is 2.58. The van der Waals surface area contributed by atoms with Gasteiger partial charge in [-0.25, -0.2) is 0 Å². The van der Waals surface area contributed by atoms with Crippen molar-refractivity contribution in [3.05, 3.63) is 0 Å². The predicted octanol–water partition coefficient (Wildman–Crippen LogP) is 1.33. The lowest BCUT2D eigenvalue weighted by Crippen LogP contribution is -2.26. The average molecular weight is 158 g/mol. The highest BCUT2D eigenvalue weighted by Crippen LogP contribution is 1.96. The summed E-state index contributed by atoms with van der Waals surface area (Å²) in [5, 5.41) is 3.40. The van der Waals surface area contributed by atoms with E-state index in [0.29, 0.717) is 6.04 Å². The molecule has 0 saturated carbocycles. The van der Waals surface area contributed by atoms with Crippen molar-refractivity contribution >= 4 is 0 Å². The van der Waals surface area contributed by atoms with Gasteiger partial charge in [-0.3, -0.25) is 0 Å². The first-order valence-corrected chi connectivity index (χ1v) is 4.55. The molecule has 0 aliphatic rings. The Morgan fingerprint density at radius 3 is 2.45 bits per heavy atom. The van der Waals surface area contributed by atoms with Gasteiger partial charge in [-0.2, -0.15) is 0 Å². The molecule has 11 heavy (non-hydrogen) atoms. The van der Waals surface area contributed by atoms with Crippen molar-refractivity contribution in [2.45, 2.75) is 32.7 Å². The Bertz CT molecular complexity index is 81.6. The van der Waals surface area contributed by atoms with Crippen LogP contribution in [0.15, 0.2) is 0 Å². The molecule has 2 nitrogen and oxygen atoms in total. The third-order valence-electron chi connectivity index (χ3n) is 1.80. The van der Waals surface area contributed by atoms with Crippen molar-refractivity contribution in [1.82, 2.24) is 10.2 Å². The van der Waals surface area contributed by atoms with Crippen molar-refractivity contribution in [1.29, 1.82) is 0 Å². The maximum atomic E-state index is 3.40. The fraction of sp³-hybridized carbons (Fsp3) is 1.00. The van der Waals surface area contributed by atoms with Crippen LogP contribution < -0.4 is 5.32 Å². The van der Waals surface area contributed by atoms with E-state index < -0.39 is 0 Å². The molecule has 0 aliphatic carbocycles. The molecule has 0 bridgehead atoms. The van der Waals surface area contributed by atoms with Gasteiger partial charge in [-0.05, 0) is 47.0 Å². The minimum absolute atomic E-state index is 0.681. The monoisotopic (exact) mass is 158 g/mol. The molecule has 0 fully saturated rings. The van der Waals surface area contributed by atoms with E-state index in [0.717, 1.165) is 6.54 Å². The minimum atomic E-state index is 0.681. The molecule has 0 rings (SSSR count). The summed E-state index contributed by atoms with van der Waals surface area (Å²) < 4.78 is 0. The standard InChI is InChI=1S/C9H22N2/c1-5-10-9(2)7-6-8-11(3)4/h9-10H,5-8H2,1-4H3. The summed E-state index contributed by atoms with van der Waals surface area (Å²) >= 11 is 0. The van der Waals surface area contributed by atoms with Crippen LogP contribution in [0.4, 0.5) is 0 Å². The van der Waals surface area contributed by atoms with E-state index in [2.05, 4.69) is 38.2 Å². The molecule has 1 atom stereocenters. The number of nitrogens with zero attached hydrogens (tertiary/aromatic N) is 1. The van der Waals surface area contributed by atoms with Gasteiger partial charge in [0.1, 0.15) is 0 Å². The Morgan fingerprint density at radius 2 is 2.00 bits per heavy atom. The van der Waals surface area contributed by atoms with Crippen molar-refractivity contribution in [3.63, 3.8) is 0 Å². The molecule has 2 heteroatoms. The van der Waals surface area contributed by atoms with Gasteiger partial charge in [-0.15, -0.1) is 0 Å². The van der Waals surface area contributed by atoms with Gasteiger partial charge < -0.3 is 10.2 Å². The Labute approximate surface area is 71.0 Å². The zero-order valence-electron chi connectivity index (χ0n) is 8.35. The van der Waals surface area contributed by atoms with Crippen molar-refractivity contribution in [2.24, 2.45) is 0 Å². The van der Waals surface area contributed by atoms with Crippen LogP contribution in [-0.2, 0) is 0 Å². The highest BCUT2D eigenvalue weighted by Gasteiger charge is 1.98. The SMILES string of the molecule is CCNC(C)CCCN(C)C. The zero-order chi connectivity index (χ0) is 8.69. The molecule has 0 heterocycles. The molecule has 0 aromatic carbocycles. The van der Waals surface area contributed by atoms with Crippen LogP contribution >= 0.6 is 0 Å². The first-order chi connectivity index (χ1) is 5.16. The summed E-state index contributed by atoms with van der Waals surface area (Å²) in [4.78, 5) is 2.23. The summed E-state index contributed by atoms with van der Waals surface area (Å²) in [7, 11) is 4.25. The van der Waals surface area contributed by atoms with E-state index in [1.165, 1.54) is 19.4 Å². The molecule has 1 unspecified atom stereocenters. The van der Waals surface area contributed by atoms with Crippen LogP contribution in [0.5, 0.6) is 0 Å². The number of nitrogens with one attached hydrogen (secondary N) is 1. The smallest absolute Gasteiger partial charge is 0.00390 e. The van der Waals surface area contributed by atoms with Crippen LogP contribution in [-0.4, -0.2) is 38.1 Å². The fourth-order valence-electron chi connectivity index (χ4n) is 1.16. The van der Waals surface area contributed by atoms with Crippen molar-refractivity contribution in [2.75, 3.05) is 27.2 Å². The van der Waals surface area contributed by atoms with Crippen molar-refractivity contribution in [3.8, 4) is 0 Å². The maximum Gasteiger partial charge on any atom is 0.00390 e. The lowest BCUT2D eigenvalue weighted by atomic mass is 10.2. The zero-order valence-corrected chi connectivity index (χ0v) is 8.35. The molecule has 0 spiro atoms. The van der Waals surface area contributed by atoms with E-state index in [4.69, 9.17) is 0 Å². The van der Waals surface area contributed by atoms with E-state index in [9.17, 15) is 0 Å². The molecule has 68 valence electrons. The third kappa shape index (κ3) is 7.82. The topological polar surface area (TPSA) is 15.3 Å². The third-order valence-corrected chi connectivity index (χ3v) is 1.80. The minimum Gasteiger partial charge on any atom is -0.315 e. The normalized spacial score (nSPS) is 13.9. The summed E-state index contributed by atoms with van der Waals surface area (Å²) in [5.74, 6) is 0. The molecule has 0 amide bonds. The van der Waals surface area contributed by atoms with Gasteiger partial charge in [0, 0.05) is 6.04 Å². The number of hydrogen-bond acceptors (Lipinski definition) is 2. The second-order valence-corrected chi connectivity index (χ2v) is 3.40. The lowest BCUT2D eigenvalue weighted by Gasteiger charge is -2.14. The van der Waals surface area contributed by atoms with Gasteiger partial charge in [-0.1, -0.05) is 6.92 Å². The molecule has 0 aromatic heterocycles. The van der Waals surface area contributed by atoms with Crippen LogP contribution in [0.1, 0.15) is 26.7 Å². The maximum absolute atomic E-state index is 3.40. The Balaban J connectivity index is 3.10. The molecular formula is C9H22N2. The first-order valence-electron chi connectivity index (χ1n) is 4.55. The van der Waals surface area contributed by atoms with E-state index in [1.807, 2.05) is 0 Å². The quantitative estimate of drug-likeness (QED) is 0.627. The van der Waals surface area contributed by atoms with Crippen LogP contribution in [0.25, 0.3) is 0 Å². The highest BCUT2D eigenvalue weighted by molar-refractivity contribution is 4.59. The van der Waals surface area contributed by atoms with Gasteiger partial charge in [0.15, 0.2) is 0 Å². The van der Waals surface area contributed by atoms with Gasteiger partial charge in [0.05, 0.1) is 0 Å². The van der Waals surface area contributed by atoms with E-state index in [1.54, 1.807) is 0 Å². The number of hydrogen-bond donors (Lipinski definition) is 1. The lowest BCUT2D eigenvalue weighted by molar-refractivity contribution is 0.377. The van der Waals surface area contributed by atoms with Gasteiger partial charge in [0.25, 0.3) is 0 Å². The Hall–Kier alpha value is -0.0800. The average Bonchev–Trinajstić information content (AvgIpc) is 1.87. The van der Waals surface area contributed by atoms with E-state index >= 15 is 0 Å². The second-order valence-electron chi connectivity index (χ2n) is 3.40. The Morgan fingerprint density at radius 1 is 1.36 bits per heavy atom. The van der Waals surface area contributed by atoms with Gasteiger partial charge >= 0.3 is 0 Å². The predicted molar refractivity (Wildman–Crippen MR) is 50.9 cm³/mol. The van der Waals surface area contributed by atoms with Crippen LogP contribution in [0, 0.1) is 0 Å². The first kappa shape index (κ1) is 10.9. The highest BCUT2D eigenvalue weighted by atomic mass is 15.0. The van der Waals surface area contributed by atoms with Crippen LogP contribution in [0.2, 0.25) is 0 Å². The molecule has 0 radical (unpaired) electrons. The van der Waals surface area contributed by atoms with Crippen molar-refractivity contribution < 1.29 is 0 Å². The summed E-state index contributed by atoms with van der Waals surface area (Å²) in [5.41, 5.74) is 0. The second kappa shape index (κ2) is 6.62. The molecule has 0 saturated heterocycles. The van der Waals surface area contributed by atoms with Crippen LogP contribution in [0.3, 0.4) is 0 Å². The van der Waals surface area contributed by atoms with Gasteiger partial charge in [0.2, 0.25) is 0 Å². The molecular weight excluding hydrogens is 136 g/mol. The fourth-order valence-corrected chi connectivity index (χ4v) is 1.16. The summed E-state index contributed by atoms with van der Waals surface area (Å²) in [6, 6.07) is 0.681. The largest absolute Gasteiger partial charge is 0.315 e. The molecule has 0 aliphatic heterocycles. The van der Waals surface area contributed by atoms with E-state index in [-0.39, 0.29) is 0 Å². The summed E-state index contributed by atoms with van der Waals surface area (Å²) in [6.45, 7) is 6.69. The Kier molecular flexibility index (Phi) is 6.57. The number of rotatable bonds is 6.